The molecule has 0 spiro atoms. The Morgan fingerprint density at radius 1 is 1.42 bits per heavy atom. The summed E-state index contributed by atoms with van der Waals surface area (Å²) in [6.07, 6.45) is 1.88. The summed E-state index contributed by atoms with van der Waals surface area (Å²) >= 11 is 7.36. The van der Waals surface area contributed by atoms with Crippen LogP contribution in [0.5, 0.6) is 6.01 Å². The lowest BCUT2D eigenvalue weighted by atomic mass is 10.1. The summed E-state index contributed by atoms with van der Waals surface area (Å²) in [5.74, 6) is 0.894. The standard InChI is InChI=1S/C11H19ClN4O2S/c1-7(2)18-10-15-8(12)14-9(16-10)13-5-11(3,17)6-19-4/h7,17H,5-6H2,1-4H3,(H,13,14,15,16). The minimum absolute atomic E-state index is 0.0501. The molecular weight excluding hydrogens is 288 g/mol. The van der Waals surface area contributed by atoms with E-state index in [0.29, 0.717) is 12.3 Å². The van der Waals surface area contributed by atoms with Crippen LogP contribution in [0.2, 0.25) is 5.28 Å². The molecule has 1 rings (SSSR count). The normalized spacial score (nSPS) is 14.3. The van der Waals surface area contributed by atoms with Crippen LogP contribution in [-0.4, -0.2) is 50.3 Å². The maximum Gasteiger partial charge on any atom is 0.322 e. The van der Waals surface area contributed by atoms with Crippen molar-refractivity contribution in [2.24, 2.45) is 0 Å². The zero-order valence-electron chi connectivity index (χ0n) is 11.5. The molecule has 1 atom stereocenters. The quantitative estimate of drug-likeness (QED) is 0.795. The fourth-order valence-corrected chi connectivity index (χ4v) is 2.18. The number of nitrogens with zero attached hydrogens (tertiary/aromatic N) is 3. The highest BCUT2D eigenvalue weighted by Gasteiger charge is 2.20. The second-order valence-corrected chi connectivity index (χ2v) is 5.86. The van der Waals surface area contributed by atoms with E-state index in [-0.39, 0.29) is 23.3 Å². The predicted octanol–water partition coefficient (Wildman–Crippen LogP) is 1.84. The third kappa shape index (κ3) is 6.26. The minimum Gasteiger partial charge on any atom is -0.461 e. The predicted molar refractivity (Wildman–Crippen MR) is 78.1 cm³/mol. The summed E-state index contributed by atoms with van der Waals surface area (Å²) in [7, 11) is 0. The Morgan fingerprint density at radius 3 is 2.68 bits per heavy atom. The SMILES string of the molecule is CSCC(C)(O)CNc1nc(Cl)nc(OC(C)C)n1. The minimum atomic E-state index is -0.850. The number of nitrogens with one attached hydrogen (secondary N) is 1. The molecule has 2 N–H and O–H groups in total. The number of rotatable bonds is 7. The molecule has 0 aliphatic heterocycles. The van der Waals surface area contributed by atoms with Crippen LogP contribution >= 0.6 is 23.4 Å². The van der Waals surface area contributed by atoms with Gasteiger partial charge in [-0.2, -0.15) is 26.7 Å². The number of aliphatic hydroxyl groups is 1. The van der Waals surface area contributed by atoms with Crippen LogP contribution < -0.4 is 10.1 Å². The average molecular weight is 307 g/mol. The average Bonchev–Trinajstić information content (AvgIpc) is 2.24. The smallest absolute Gasteiger partial charge is 0.322 e. The van der Waals surface area contributed by atoms with Crippen molar-refractivity contribution in [3.05, 3.63) is 5.28 Å². The third-order valence-corrected chi connectivity index (χ3v) is 3.09. The molecule has 0 saturated heterocycles. The highest BCUT2D eigenvalue weighted by molar-refractivity contribution is 7.98. The van der Waals surface area contributed by atoms with Crippen molar-refractivity contribution in [3.8, 4) is 6.01 Å². The molecule has 1 aromatic heterocycles. The van der Waals surface area contributed by atoms with Gasteiger partial charge in [-0.25, -0.2) is 0 Å². The van der Waals surface area contributed by atoms with E-state index in [1.54, 1.807) is 18.7 Å². The number of hydrogen-bond acceptors (Lipinski definition) is 7. The van der Waals surface area contributed by atoms with E-state index in [0.717, 1.165) is 0 Å². The molecular formula is C11H19ClN4O2S. The van der Waals surface area contributed by atoms with Crippen molar-refractivity contribution in [2.45, 2.75) is 32.5 Å². The zero-order valence-corrected chi connectivity index (χ0v) is 13.0. The molecule has 0 radical (unpaired) electrons. The molecule has 0 fully saturated rings. The van der Waals surface area contributed by atoms with Crippen LogP contribution in [0.1, 0.15) is 20.8 Å². The molecule has 0 aliphatic carbocycles. The van der Waals surface area contributed by atoms with E-state index < -0.39 is 5.60 Å². The van der Waals surface area contributed by atoms with Gasteiger partial charge in [-0.3, -0.25) is 0 Å². The molecule has 8 heteroatoms. The lowest BCUT2D eigenvalue weighted by molar-refractivity contribution is 0.0994. The van der Waals surface area contributed by atoms with Crippen molar-refractivity contribution in [1.82, 2.24) is 15.0 Å². The lowest BCUT2D eigenvalue weighted by Crippen LogP contribution is -2.36. The van der Waals surface area contributed by atoms with Crippen molar-refractivity contribution < 1.29 is 9.84 Å². The van der Waals surface area contributed by atoms with Crippen LogP contribution in [0.3, 0.4) is 0 Å². The molecule has 1 heterocycles. The van der Waals surface area contributed by atoms with Gasteiger partial charge in [0, 0.05) is 12.3 Å². The van der Waals surface area contributed by atoms with Gasteiger partial charge in [-0.15, -0.1) is 0 Å². The molecule has 0 aromatic carbocycles. The number of ether oxygens (including phenoxy) is 1. The Bertz CT molecular complexity index is 418. The van der Waals surface area contributed by atoms with E-state index in [1.165, 1.54) is 0 Å². The number of halogens is 1. The molecule has 0 aliphatic rings. The van der Waals surface area contributed by atoms with Gasteiger partial charge in [-0.1, -0.05) is 0 Å². The Kier molecular flexibility index (Phi) is 6.09. The van der Waals surface area contributed by atoms with Gasteiger partial charge in [0.1, 0.15) is 0 Å². The maximum atomic E-state index is 10.0. The lowest BCUT2D eigenvalue weighted by Gasteiger charge is -2.22. The Morgan fingerprint density at radius 2 is 2.11 bits per heavy atom. The largest absolute Gasteiger partial charge is 0.461 e. The Balaban J connectivity index is 2.70. The Hall–Kier alpha value is -0.790. The first-order valence-electron chi connectivity index (χ1n) is 5.86. The topological polar surface area (TPSA) is 80.2 Å². The highest BCUT2D eigenvalue weighted by atomic mass is 35.5. The number of hydrogen-bond donors (Lipinski definition) is 2. The molecule has 108 valence electrons. The van der Waals surface area contributed by atoms with E-state index in [1.807, 2.05) is 20.1 Å². The van der Waals surface area contributed by atoms with Crippen LogP contribution in [0.15, 0.2) is 0 Å². The van der Waals surface area contributed by atoms with E-state index >= 15 is 0 Å². The van der Waals surface area contributed by atoms with Crippen LogP contribution in [0.25, 0.3) is 0 Å². The maximum absolute atomic E-state index is 10.0. The van der Waals surface area contributed by atoms with Crippen molar-refractivity contribution in [2.75, 3.05) is 23.9 Å². The molecule has 19 heavy (non-hydrogen) atoms. The van der Waals surface area contributed by atoms with Crippen molar-refractivity contribution >= 4 is 29.3 Å². The number of aromatic nitrogens is 3. The summed E-state index contributed by atoms with van der Waals surface area (Å²) in [4.78, 5) is 11.9. The van der Waals surface area contributed by atoms with Crippen LogP contribution in [0.4, 0.5) is 5.95 Å². The molecule has 0 saturated carbocycles. The van der Waals surface area contributed by atoms with Gasteiger partial charge in [0.05, 0.1) is 11.7 Å². The highest BCUT2D eigenvalue weighted by Crippen LogP contribution is 2.15. The first-order chi connectivity index (χ1) is 8.82. The van der Waals surface area contributed by atoms with Gasteiger partial charge in [-0.05, 0) is 38.6 Å². The monoisotopic (exact) mass is 306 g/mol. The summed E-state index contributed by atoms with van der Waals surface area (Å²) < 4.78 is 5.36. The van der Waals surface area contributed by atoms with Crippen molar-refractivity contribution in [1.29, 1.82) is 0 Å². The first kappa shape index (κ1) is 16.3. The van der Waals surface area contributed by atoms with Crippen LogP contribution in [0, 0.1) is 0 Å². The molecule has 1 unspecified atom stereocenters. The molecule has 6 nitrogen and oxygen atoms in total. The van der Waals surface area contributed by atoms with E-state index in [2.05, 4.69) is 20.3 Å². The van der Waals surface area contributed by atoms with Gasteiger partial charge in [0.25, 0.3) is 0 Å². The first-order valence-corrected chi connectivity index (χ1v) is 7.63. The fraction of sp³-hybridized carbons (Fsp3) is 0.727. The summed E-state index contributed by atoms with van der Waals surface area (Å²) in [5, 5.41) is 13.0. The van der Waals surface area contributed by atoms with E-state index in [4.69, 9.17) is 16.3 Å². The third-order valence-electron chi connectivity index (χ3n) is 2.01. The molecule has 0 amide bonds. The zero-order chi connectivity index (χ0) is 14.5. The van der Waals surface area contributed by atoms with Gasteiger partial charge < -0.3 is 15.2 Å². The Labute approximate surface area is 122 Å². The van der Waals surface area contributed by atoms with Gasteiger partial charge in [0.15, 0.2) is 0 Å². The summed E-state index contributed by atoms with van der Waals surface area (Å²) in [5.41, 5.74) is -0.850. The molecule has 0 bridgehead atoms. The summed E-state index contributed by atoms with van der Waals surface area (Å²) in [6.45, 7) is 5.79. The van der Waals surface area contributed by atoms with Gasteiger partial charge >= 0.3 is 6.01 Å². The number of thioether (sulfide) groups is 1. The number of anilines is 1. The fourth-order valence-electron chi connectivity index (χ4n) is 1.31. The van der Waals surface area contributed by atoms with Gasteiger partial charge in [0.2, 0.25) is 11.2 Å². The molecule has 1 aromatic rings. The van der Waals surface area contributed by atoms with Crippen molar-refractivity contribution in [3.63, 3.8) is 0 Å². The summed E-state index contributed by atoms with van der Waals surface area (Å²) in [6, 6.07) is 0.169. The second-order valence-electron chi connectivity index (χ2n) is 4.66. The second kappa shape index (κ2) is 7.12. The van der Waals surface area contributed by atoms with E-state index in [9.17, 15) is 5.11 Å². The van der Waals surface area contributed by atoms with Crippen LogP contribution in [-0.2, 0) is 0 Å².